The van der Waals surface area contributed by atoms with E-state index in [0.717, 1.165) is 11.1 Å². The van der Waals surface area contributed by atoms with E-state index < -0.39 is 23.8 Å². The lowest BCUT2D eigenvalue weighted by atomic mass is 9.84. The fourth-order valence-electron chi connectivity index (χ4n) is 2.48. The van der Waals surface area contributed by atoms with Gasteiger partial charge in [-0.25, -0.2) is 4.79 Å². The Balaban J connectivity index is 2.38. The topological polar surface area (TPSA) is 66.8 Å². The quantitative estimate of drug-likeness (QED) is 0.845. The summed E-state index contributed by atoms with van der Waals surface area (Å²) >= 11 is 0. The van der Waals surface area contributed by atoms with Gasteiger partial charge in [0, 0.05) is 6.42 Å². The normalized spacial score (nSPS) is 21.6. The number of amides is 1. The second kappa shape index (κ2) is 5.48. The highest BCUT2D eigenvalue weighted by Crippen LogP contribution is 2.31. The van der Waals surface area contributed by atoms with E-state index in [0.29, 0.717) is 12.7 Å². The van der Waals surface area contributed by atoms with Gasteiger partial charge in [-0.05, 0) is 31.9 Å². The smallest absolute Gasteiger partial charge is 0.411 e. The third-order valence-corrected chi connectivity index (χ3v) is 3.59. The van der Waals surface area contributed by atoms with Crippen LogP contribution in [0.3, 0.4) is 0 Å². The zero-order valence-electron chi connectivity index (χ0n) is 12.6. The number of hydrogen-bond acceptors (Lipinski definition) is 4. The lowest BCUT2D eigenvalue weighted by molar-refractivity contribution is -0.122. The van der Waals surface area contributed by atoms with Crippen LogP contribution in [0.2, 0.25) is 0 Å². The molecule has 0 aliphatic carbocycles. The van der Waals surface area contributed by atoms with Crippen molar-refractivity contribution in [3.63, 3.8) is 0 Å². The molecule has 5 heteroatoms. The summed E-state index contributed by atoms with van der Waals surface area (Å²) in [4.78, 5) is 25.3. The van der Waals surface area contributed by atoms with Gasteiger partial charge >= 0.3 is 6.09 Å². The van der Waals surface area contributed by atoms with Crippen LogP contribution in [0.25, 0.3) is 0 Å². The van der Waals surface area contributed by atoms with Crippen LogP contribution in [-0.2, 0) is 22.5 Å². The maximum atomic E-state index is 12.4. The molecule has 0 aromatic heterocycles. The fourth-order valence-corrected chi connectivity index (χ4v) is 2.48. The summed E-state index contributed by atoms with van der Waals surface area (Å²) in [6.07, 6.45) is 0.355. The Kier molecular flexibility index (Phi) is 4.05. The largest absolute Gasteiger partial charge is 0.444 e. The van der Waals surface area contributed by atoms with E-state index in [4.69, 9.17) is 4.74 Å². The third-order valence-electron chi connectivity index (χ3n) is 3.59. The Hall–Kier alpha value is -1.88. The molecule has 0 bridgehead atoms. The SMILES string of the molecule is CC(C)(C)OC(=O)N1Cc2ccccc2CC1(C=O)CO. The molecule has 1 amide bonds. The summed E-state index contributed by atoms with van der Waals surface area (Å²) in [7, 11) is 0. The number of aliphatic hydroxyl groups excluding tert-OH is 1. The zero-order chi connectivity index (χ0) is 15.7. The Morgan fingerprint density at radius 1 is 1.38 bits per heavy atom. The molecule has 0 fully saturated rings. The minimum atomic E-state index is -1.25. The van der Waals surface area contributed by atoms with Gasteiger partial charge in [0.25, 0.3) is 0 Å². The van der Waals surface area contributed by atoms with E-state index >= 15 is 0 Å². The molecule has 0 saturated carbocycles. The Morgan fingerprint density at radius 2 is 2.00 bits per heavy atom. The number of aliphatic hydroxyl groups is 1. The first-order chi connectivity index (χ1) is 9.81. The summed E-state index contributed by atoms with van der Waals surface area (Å²) in [6, 6.07) is 7.60. The number of rotatable bonds is 2. The summed E-state index contributed by atoms with van der Waals surface area (Å²) < 4.78 is 5.37. The zero-order valence-corrected chi connectivity index (χ0v) is 12.6. The van der Waals surface area contributed by atoms with Crippen LogP contribution < -0.4 is 0 Å². The van der Waals surface area contributed by atoms with Crippen molar-refractivity contribution in [1.29, 1.82) is 0 Å². The van der Waals surface area contributed by atoms with E-state index in [1.807, 2.05) is 24.3 Å². The van der Waals surface area contributed by atoms with Crippen molar-refractivity contribution < 1.29 is 19.4 Å². The van der Waals surface area contributed by atoms with Crippen molar-refractivity contribution in [2.24, 2.45) is 0 Å². The molecule has 5 nitrogen and oxygen atoms in total. The van der Waals surface area contributed by atoms with E-state index in [2.05, 4.69) is 0 Å². The van der Waals surface area contributed by atoms with Gasteiger partial charge in [0.15, 0.2) is 0 Å². The minimum Gasteiger partial charge on any atom is -0.444 e. The van der Waals surface area contributed by atoms with Crippen LogP contribution in [0.5, 0.6) is 0 Å². The number of fused-ring (bicyclic) bond motifs is 1. The first kappa shape index (κ1) is 15.5. The van der Waals surface area contributed by atoms with E-state index in [-0.39, 0.29) is 6.54 Å². The maximum Gasteiger partial charge on any atom is 0.411 e. The molecule has 114 valence electrons. The lowest BCUT2D eigenvalue weighted by Gasteiger charge is -2.43. The van der Waals surface area contributed by atoms with Crippen molar-refractivity contribution in [1.82, 2.24) is 4.90 Å². The van der Waals surface area contributed by atoms with Gasteiger partial charge in [0.05, 0.1) is 13.2 Å². The van der Waals surface area contributed by atoms with E-state index in [1.54, 1.807) is 20.8 Å². The molecule has 1 heterocycles. The van der Waals surface area contributed by atoms with Crippen molar-refractivity contribution in [2.45, 2.75) is 44.9 Å². The summed E-state index contributed by atoms with van der Waals surface area (Å²) in [5, 5.41) is 9.70. The first-order valence-corrected chi connectivity index (χ1v) is 6.96. The number of carbonyl (C=O) groups excluding carboxylic acids is 2. The van der Waals surface area contributed by atoms with Crippen molar-refractivity contribution in [2.75, 3.05) is 6.61 Å². The fraction of sp³-hybridized carbons (Fsp3) is 0.500. The van der Waals surface area contributed by atoms with Gasteiger partial charge in [-0.2, -0.15) is 0 Å². The van der Waals surface area contributed by atoms with Gasteiger partial charge in [-0.15, -0.1) is 0 Å². The Bertz CT molecular complexity index is 549. The van der Waals surface area contributed by atoms with E-state index in [9.17, 15) is 14.7 Å². The molecular weight excluding hydrogens is 270 g/mol. The summed E-state index contributed by atoms with van der Waals surface area (Å²) in [5.41, 5.74) is 0.0298. The number of ether oxygens (including phenoxy) is 1. The number of nitrogens with zero attached hydrogens (tertiary/aromatic N) is 1. The predicted octanol–water partition coefficient (Wildman–Crippen LogP) is 1.91. The monoisotopic (exact) mass is 291 g/mol. The van der Waals surface area contributed by atoms with Gasteiger partial charge < -0.3 is 14.6 Å². The van der Waals surface area contributed by atoms with Crippen molar-refractivity contribution in [3.8, 4) is 0 Å². The first-order valence-electron chi connectivity index (χ1n) is 6.96. The molecule has 1 atom stereocenters. The molecule has 0 saturated heterocycles. The number of hydrogen-bond donors (Lipinski definition) is 1. The molecule has 0 radical (unpaired) electrons. The predicted molar refractivity (Wildman–Crippen MR) is 77.8 cm³/mol. The summed E-state index contributed by atoms with van der Waals surface area (Å²) in [5.74, 6) is 0. The molecular formula is C16H21NO4. The average Bonchev–Trinajstić information content (AvgIpc) is 2.43. The Labute approximate surface area is 124 Å². The Morgan fingerprint density at radius 3 is 2.52 bits per heavy atom. The lowest BCUT2D eigenvalue weighted by Crippen LogP contribution is -2.59. The third kappa shape index (κ3) is 3.08. The number of aldehydes is 1. The van der Waals surface area contributed by atoms with Gasteiger partial charge in [0.1, 0.15) is 17.4 Å². The molecule has 1 N–H and O–H groups in total. The number of benzene rings is 1. The second-order valence-electron chi connectivity index (χ2n) is 6.39. The molecule has 1 aromatic carbocycles. The molecule has 1 aromatic rings. The molecule has 1 unspecified atom stereocenters. The van der Waals surface area contributed by atoms with Gasteiger partial charge in [-0.3, -0.25) is 4.90 Å². The molecule has 21 heavy (non-hydrogen) atoms. The molecule has 1 aliphatic rings. The average molecular weight is 291 g/mol. The van der Waals surface area contributed by atoms with Crippen molar-refractivity contribution >= 4 is 12.4 Å². The van der Waals surface area contributed by atoms with Crippen LogP contribution in [0.15, 0.2) is 24.3 Å². The van der Waals surface area contributed by atoms with E-state index in [1.165, 1.54) is 4.90 Å². The molecule has 2 rings (SSSR count). The molecule has 0 spiro atoms. The van der Waals surface area contributed by atoms with Crippen LogP contribution in [0, 0.1) is 0 Å². The van der Waals surface area contributed by atoms with Crippen LogP contribution in [-0.4, -0.2) is 40.1 Å². The number of carbonyl (C=O) groups is 2. The standard InChI is InChI=1S/C16H21NO4/c1-15(2,3)21-14(20)17-9-13-7-5-4-6-12(13)8-16(17,10-18)11-19/h4-7,10,19H,8-9,11H2,1-3H3. The highest BCUT2D eigenvalue weighted by atomic mass is 16.6. The highest BCUT2D eigenvalue weighted by Gasteiger charge is 2.44. The highest BCUT2D eigenvalue weighted by molar-refractivity contribution is 5.78. The van der Waals surface area contributed by atoms with Gasteiger partial charge in [0.2, 0.25) is 0 Å². The van der Waals surface area contributed by atoms with Crippen LogP contribution in [0.4, 0.5) is 4.79 Å². The van der Waals surface area contributed by atoms with Gasteiger partial charge in [-0.1, -0.05) is 24.3 Å². The minimum absolute atomic E-state index is 0.254. The second-order valence-corrected chi connectivity index (χ2v) is 6.39. The summed E-state index contributed by atoms with van der Waals surface area (Å²) in [6.45, 7) is 5.13. The van der Waals surface area contributed by atoms with Crippen molar-refractivity contribution in [3.05, 3.63) is 35.4 Å². The van der Waals surface area contributed by atoms with Crippen LogP contribution >= 0.6 is 0 Å². The maximum absolute atomic E-state index is 12.4. The molecule has 1 aliphatic heterocycles. The van der Waals surface area contributed by atoms with Crippen LogP contribution in [0.1, 0.15) is 31.9 Å².